The monoisotopic (exact) mass is 435 g/mol. The summed E-state index contributed by atoms with van der Waals surface area (Å²) in [7, 11) is 0. The third kappa shape index (κ3) is 3.89. The van der Waals surface area contributed by atoms with Gasteiger partial charge in [0.15, 0.2) is 6.10 Å². The van der Waals surface area contributed by atoms with Gasteiger partial charge in [0.25, 0.3) is 11.8 Å². The van der Waals surface area contributed by atoms with E-state index in [1.807, 2.05) is 18.2 Å². The predicted octanol–water partition coefficient (Wildman–Crippen LogP) is 3.74. The Morgan fingerprint density at radius 1 is 1.09 bits per heavy atom. The molecule has 1 unspecified atom stereocenters. The van der Waals surface area contributed by atoms with E-state index in [4.69, 9.17) is 4.74 Å². The summed E-state index contributed by atoms with van der Waals surface area (Å²) in [6, 6.07) is 15.8. The minimum absolute atomic E-state index is 0.0927. The van der Waals surface area contributed by atoms with Crippen LogP contribution in [0.1, 0.15) is 16.9 Å². The number of piperidine rings is 1. The number of nitrogens with zero attached hydrogens (tertiary/aromatic N) is 5. The molecule has 1 amide bonds. The van der Waals surface area contributed by atoms with E-state index in [9.17, 15) is 13.6 Å². The van der Waals surface area contributed by atoms with Crippen molar-refractivity contribution in [1.82, 2.24) is 24.6 Å². The number of carbonyl (C=O) groups is 1. The van der Waals surface area contributed by atoms with Gasteiger partial charge in [0.05, 0.1) is 17.7 Å². The number of hydrogen-bond acceptors (Lipinski definition) is 5. The number of ether oxygens (including phenoxy) is 1. The molecule has 9 heteroatoms. The maximum Gasteiger partial charge on any atom is 0.287 e. The van der Waals surface area contributed by atoms with E-state index in [1.165, 1.54) is 11.1 Å². The van der Waals surface area contributed by atoms with Gasteiger partial charge in [-0.05, 0) is 30.3 Å². The molecule has 1 aliphatic rings. The van der Waals surface area contributed by atoms with Crippen LogP contribution in [-0.4, -0.2) is 55.7 Å². The van der Waals surface area contributed by atoms with Gasteiger partial charge in [-0.25, -0.2) is 18.4 Å². The van der Waals surface area contributed by atoms with Gasteiger partial charge in [-0.2, -0.15) is 5.10 Å². The summed E-state index contributed by atoms with van der Waals surface area (Å²) in [4.78, 5) is 22.8. The molecule has 1 aromatic carbocycles. The van der Waals surface area contributed by atoms with Crippen molar-refractivity contribution in [3.8, 4) is 11.6 Å². The number of hydrogen-bond donors (Lipinski definition) is 0. The van der Waals surface area contributed by atoms with Gasteiger partial charge >= 0.3 is 0 Å². The number of alkyl halides is 2. The van der Waals surface area contributed by atoms with Gasteiger partial charge < -0.3 is 9.64 Å². The fraction of sp³-hybridized carbons (Fsp3) is 0.217. The van der Waals surface area contributed by atoms with Crippen molar-refractivity contribution in [2.45, 2.75) is 18.4 Å². The van der Waals surface area contributed by atoms with E-state index in [1.54, 1.807) is 53.5 Å². The van der Waals surface area contributed by atoms with Crippen molar-refractivity contribution in [2.75, 3.05) is 13.1 Å². The van der Waals surface area contributed by atoms with Crippen LogP contribution in [0.5, 0.6) is 5.88 Å². The molecule has 32 heavy (non-hydrogen) atoms. The van der Waals surface area contributed by atoms with Gasteiger partial charge in [0, 0.05) is 43.0 Å². The van der Waals surface area contributed by atoms with Crippen LogP contribution >= 0.6 is 0 Å². The molecule has 0 aliphatic carbocycles. The Bertz CT molecular complexity index is 1260. The summed E-state index contributed by atoms with van der Waals surface area (Å²) >= 11 is 0. The molecule has 1 fully saturated rings. The lowest BCUT2D eigenvalue weighted by Crippen LogP contribution is -2.55. The second kappa shape index (κ2) is 7.99. The van der Waals surface area contributed by atoms with Gasteiger partial charge in [-0.1, -0.05) is 18.2 Å². The summed E-state index contributed by atoms with van der Waals surface area (Å²) in [5.41, 5.74) is 1.46. The van der Waals surface area contributed by atoms with Gasteiger partial charge in [0.2, 0.25) is 5.88 Å². The molecule has 162 valence electrons. The molecule has 0 saturated carbocycles. The molecule has 0 spiro atoms. The zero-order valence-corrected chi connectivity index (χ0v) is 16.9. The smallest absolute Gasteiger partial charge is 0.287 e. The molecule has 0 bridgehead atoms. The number of pyridine rings is 2. The zero-order chi connectivity index (χ0) is 22.1. The van der Waals surface area contributed by atoms with Crippen molar-refractivity contribution in [2.24, 2.45) is 0 Å². The molecule has 4 heterocycles. The van der Waals surface area contributed by atoms with Crippen molar-refractivity contribution >= 4 is 16.8 Å². The van der Waals surface area contributed by atoms with Crippen molar-refractivity contribution in [3.63, 3.8) is 0 Å². The quantitative estimate of drug-likeness (QED) is 0.488. The average Bonchev–Trinajstić information content (AvgIpc) is 3.35. The van der Waals surface area contributed by atoms with E-state index < -0.39 is 24.4 Å². The van der Waals surface area contributed by atoms with E-state index in [0.717, 1.165) is 5.39 Å². The van der Waals surface area contributed by atoms with Crippen LogP contribution < -0.4 is 4.74 Å². The first-order valence-corrected chi connectivity index (χ1v) is 10.2. The van der Waals surface area contributed by atoms with Crippen molar-refractivity contribution in [1.29, 1.82) is 0 Å². The number of rotatable bonds is 4. The summed E-state index contributed by atoms with van der Waals surface area (Å²) in [5, 5.41) is 5.02. The van der Waals surface area contributed by atoms with Crippen LogP contribution in [0, 0.1) is 0 Å². The summed E-state index contributed by atoms with van der Waals surface area (Å²) in [5.74, 6) is -3.43. The summed E-state index contributed by atoms with van der Waals surface area (Å²) in [6.45, 7) is -0.363. The number of benzene rings is 1. The Hall–Kier alpha value is -3.88. The number of fused-ring (bicyclic) bond motifs is 1. The molecular weight excluding hydrogens is 416 g/mol. The highest BCUT2D eigenvalue weighted by molar-refractivity contribution is 5.93. The first kappa shape index (κ1) is 20.0. The average molecular weight is 435 g/mol. The van der Waals surface area contributed by atoms with E-state index in [-0.39, 0.29) is 24.7 Å². The van der Waals surface area contributed by atoms with Crippen LogP contribution in [0.25, 0.3) is 16.6 Å². The molecule has 4 aromatic rings. The second-order valence-electron chi connectivity index (χ2n) is 7.56. The van der Waals surface area contributed by atoms with E-state index in [2.05, 4.69) is 15.1 Å². The number of halogens is 2. The largest absolute Gasteiger partial charge is 0.466 e. The highest BCUT2D eigenvalue weighted by Gasteiger charge is 2.47. The zero-order valence-electron chi connectivity index (χ0n) is 16.9. The Labute approximate surface area is 182 Å². The Kier molecular flexibility index (Phi) is 5.01. The maximum absolute atomic E-state index is 14.6. The molecule has 3 aromatic heterocycles. The molecule has 0 radical (unpaired) electrons. The van der Waals surface area contributed by atoms with Gasteiger partial charge in [0.1, 0.15) is 5.69 Å². The van der Waals surface area contributed by atoms with Crippen molar-refractivity contribution in [3.05, 3.63) is 78.9 Å². The first-order chi connectivity index (χ1) is 15.5. The highest BCUT2D eigenvalue weighted by Crippen LogP contribution is 2.32. The van der Waals surface area contributed by atoms with Crippen LogP contribution in [0.3, 0.4) is 0 Å². The summed E-state index contributed by atoms with van der Waals surface area (Å²) in [6.07, 6.45) is 2.84. The Morgan fingerprint density at radius 3 is 2.81 bits per heavy atom. The lowest BCUT2D eigenvalue weighted by Gasteiger charge is -2.37. The third-order valence-corrected chi connectivity index (χ3v) is 5.43. The van der Waals surface area contributed by atoms with Crippen LogP contribution in [0.4, 0.5) is 8.78 Å². The lowest BCUT2D eigenvalue weighted by atomic mass is 10.0. The molecule has 1 atom stereocenters. The van der Waals surface area contributed by atoms with Gasteiger partial charge in [-0.3, -0.25) is 9.78 Å². The molecule has 5 rings (SSSR count). The van der Waals surface area contributed by atoms with Crippen LogP contribution in [0.15, 0.2) is 73.2 Å². The van der Waals surface area contributed by atoms with Crippen LogP contribution in [0.2, 0.25) is 0 Å². The van der Waals surface area contributed by atoms with Gasteiger partial charge in [-0.15, -0.1) is 0 Å². The van der Waals surface area contributed by atoms with E-state index >= 15 is 0 Å². The van der Waals surface area contributed by atoms with E-state index in [0.29, 0.717) is 11.2 Å². The Morgan fingerprint density at radius 2 is 1.97 bits per heavy atom. The SMILES string of the molecule is O=C(c1cc(-n2cccn2)ccn1)N1CCC(F)(F)C(Oc2ccc3ccccc3n2)C1. The number of amides is 1. The fourth-order valence-corrected chi connectivity index (χ4v) is 3.70. The number of likely N-dealkylation sites (tertiary alicyclic amines) is 1. The predicted molar refractivity (Wildman–Crippen MR) is 113 cm³/mol. The summed E-state index contributed by atoms with van der Waals surface area (Å²) < 4.78 is 36.5. The molecule has 1 aliphatic heterocycles. The second-order valence-corrected chi connectivity index (χ2v) is 7.56. The minimum Gasteiger partial charge on any atom is -0.466 e. The number of para-hydroxylation sites is 1. The third-order valence-electron chi connectivity index (χ3n) is 5.43. The van der Waals surface area contributed by atoms with Crippen molar-refractivity contribution < 1.29 is 18.3 Å². The Balaban J connectivity index is 1.36. The first-order valence-electron chi connectivity index (χ1n) is 10.2. The maximum atomic E-state index is 14.6. The minimum atomic E-state index is -3.09. The molecule has 1 saturated heterocycles. The number of carbonyl (C=O) groups excluding carboxylic acids is 1. The molecular formula is C23H19F2N5O2. The highest BCUT2D eigenvalue weighted by atomic mass is 19.3. The topological polar surface area (TPSA) is 73.1 Å². The van der Waals surface area contributed by atoms with Crippen LogP contribution in [-0.2, 0) is 0 Å². The lowest BCUT2D eigenvalue weighted by molar-refractivity contribution is -0.131. The number of aromatic nitrogens is 4. The standard InChI is InChI=1S/C23H19F2N5O2/c24-23(25)9-13-29(22(31)19-14-17(8-11-26-19)30-12-3-10-27-30)15-20(23)32-21-7-6-16-4-1-2-5-18(16)28-21/h1-8,10-12,14,20H,9,13,15H2. The molecule has 0 N–H and O–H groups in total. The fourth-order valence-electron chi connectivity index (χ4n) is 3.70. The molecule has 7 nitrogen and oxygen atoms in total. The normalized spacial score (nSPS) is 17.9.